The third-order valence-corrected chi connectivity index (χ3v) is 6.14. The lowest BCUT2D eigenvalue weighted by atomic mass is 9.94. The van der Waals surface area contributed by atoms with E-state index in [4.69, 9.17) is 27.9 Å². The maximum Gasteiger partial charge on any atom is 0.261 e. The van der Waals surface area contributed by atoms with Gasteiger partial charge in [0.05, 0.1) is 28.3 Å². The van der Waals surface area contributed by atoms with Crippen molar-refractivity contribution in [2.24, 2.45) is 0 Å². The lowest BCUT2D eigenvalue weighted by molar-refractivity contribution is 0.0548. The summed E-state index contributed by atoms with van der Waals surface area (Å²) < 4.78 is 5.09. The average Bonchev–Trinajstić information content (AvgIpc) is 2.98. The summed E-state index contributed by atoms with van der Waals surface area (Å²) in [6.45, 7) is 0. The van der Waals surface area contributed by atoms with Gasteiger partial charge in [0.1, 0.15) is 0 Å². The van der Waals surface area contributed by atoms with Crippen LogP contribution in [0.15, 0.2) is 30.3 Å². The number of halogens is 2. The molecule has 2 aromatic rings. The van der Waals surface area contributed by atoms with Crippen LogP contribution in [0.3, 0.4) is 0 Å². The van der Waals surface area contributed by atoms with E-state index in [9.17, 15) is 14.4 Å². The van der Waals surface area contributed by atoms with Crippen LogP contribution in [0.5, 0.6) is 5.75 Å². The number of carbonyl (C=O) groups excluding carboxylic acids is 3. The van der Waals surface area contributed by atoms with Gasteiger partial charge in [-0.05, 0) is 43.2 Å². The molecule has 156 valence electrons. The van der Waals surface area contributed by atoms with E-state index >= 15 is 0 Å². The molecule has 30 heavy (non-hydrogen) atoms. The second-order valence-corrected chi connectivity index (χ2v) is 8.27. The predicted molar refractivity (Wildman–Crippen MR) is 115 cm³/mol. The van der Waals surface area contributed by atoms with E-state index in [0.29, 0.717) is 22.6 Å². The van der Waals surface area contributed by atoms with Crippen LogP contribution in [-0.4, -0.2) is 35.8 Å². The number of amides is 3. The molecule has 1 fully saturated rings. The molecule has 0 spiro atoms. The van der Waals surface area contributed by atoms with Crippen molar-refractivity contribution in [2.45, 2.75) is 38.1 Å². The Kier molecular flexibility index (Phi) is 5.71. The first-order valence-electron chi connectivity index (χ1n) is 9.77. The highest BCUT2D eigenvalue weighted by molar-refractivity contribution is 6.37. The van der Waals surface area contributed by atoms with Gasteiger partial charge in [0.25, 0.3) is 17.7 Å². The zero-order valence-electron chi connectivity index (χ0n) is 16.3. The van der Waals surface area contributed by atoms with E-state index in [2.05, 4.69) is 5.32 Å². The van der Waals surface area contributed by atoms with E-state index < -0.39 is 5.91 Å². The van der Waals surface area contributed by atoms with Gasteiger partial charge in [-0.25, -0.2) is 0 Å². The smallest absolute Gasteiger partial charge is 0.261 e. The summed E-state index contributed by atoms with van der Waals surface area (Å²) in [5, 5.41) is 3.16. The monoisotopic (exact) mass is 446 g/mol. The van der Waals surface area contributed by atoms with Crippen molar-refractivity contribution in [3.63, 3.8) is 0 Å². The first-order chi connectivity index (χ1) is 14.4. The fourth-order valence-corrected chi connectivity index (χ4v) is 4.74. The number of ether oxygens (including phenoxy) is 1. The third kappa shape index (κ3) is 3.66. The predicted octanol–water partition coefficient (Wildman–Crippen LogP) is 5.18. The minimum absolute atomic E-state index is 0.0484. The molecule has 1 heterocycles. The number of nitrogens with zero attached hydrogens (tertiary/aromatic N) is 1. The molecule has 6 nitrogen and oxygen atoms in total. The van der Waals surface area contributed by atoms with Crippen molar-refractivity contribution in [2.75, 3.05) is 12.4 Å². The number of fused-ring (bicyclic) bond motifs is 1. The van der Waals surface area contributed by atoms with Crippen molar-refractivity contribution in [1.29, 1.82) is 0 Å². The van der Waals surface area contributed by atoms with Crippen LogP contribution in [0.2, 0.25) is 10.0 Å². The molecular formula is C22H20Cl2N2O4. The van der Waals surface area contributed by atoms with Crippen molar-refractivity contribution >= 4 is 46.6 Å². The summed E-state index contributed by atoms with van der Waals surface area (Å²) in [6, 6.07) is 7.60. The standard InChI is InChI=1S/C22H20Cl2N2O4/c1-30-19-17(23)9-12(10-18(19)24)20(27)25-13-7-8-15-16(11-13)22(29)26(21(15)28)14-5-3-2-4-6-14/h7-11,14H,2-6H2,1H3,(H,25,27). The number of benzene rings is 2. The molecule has 1 aliphatic carbocycles. The van der Waals surface area contributed by atoms with Gasteiger partial charge in [-0.1, -0.05) is 42.5 Å². The van der Waals surface area contributed by atoms with Crippen LogP contribution in [0.1, 0.15) is 63.2 Å². The van der Waals surface area contributed by atoms with Gasteiger partial charge in [-0.3, -0.25) is 19.3 Å². The fourth-order valence-electron chi connectivity index (χ4n) is 4.10. The zero-order valence-corrected chi connectivity index (χ0v) is 17.8. The van der Waals surface area contributed by atoms with Crippen molar-refractivity contribution in [1.82, 2.24) is 4.90 Å². The molecule has 0 radical (unpaired) electrons. The molecule has 3 amide bonds. The van der Waals surface area contributed by atoms with Gasteiger partial charge in [-0.15, -0.1) is 0 Å². The van der Waals surface area contributed by atoms with Crippen LogP contribution < -0.4 is 10.1 Å². The Bertz CT molecular complexity index is 1020. The van der Waals surface area contributed by atoms with Crippen LogP contribution in [0.25, 0.3) is 0 Å². The van der Waals surface area contributed by atoms with Crippen LogP contribution in [0, 0.1) is 0 Å². The molecule has 0 atom stereocenters. The molecule has 1 N–H and O–H groups in total. The molecule has 1 saturated carbocycles. The van der Waals surface area contributed by atoms with Gasteiger partial charge < -0.3 is 10.1 Å². The van der Waals surface area contributed by atoms with E-state index in [0.717, 1.165) is 32.1 Å². The Morgan fingerprint density at radius 3 is 2.27 bits per heavy atom. The van der Waals surface area contributed by atoms with E-state index in [1.807, 2.05) is 0 Å². The first kappa shape index (κ1) is 20.7. The van der Waals surface area contributed by atoms with Gasteiger partial charge >= 0.3 is 0 Å². The minimum Gasteiger partial charge on any atom is -0.494 e. The quantitative estimate of drug-likeness (QED) is 0.656. The summed E-state index contributed by atoms with van der Waals surface area (Å²) in [7, 11) is 1.44. The third-order valence-electron chi connectivity index (χ3n) is 5.58. The summed E-state index contributed by atoms with van der Waals surface area (Å²) in [5.41, 5.74) is 1.35. The van der Waals surface area contributed by atoms with Gasteiger partial charge in [0.15, 0.2) is 5.75 Å². The van der Waals surface area contributed by atoms with Gasteiger partial charge in [0.2, 0.25) is 0 Å². The number of anilines is 1. The van der Waals surface area contributed by atoms with Gasteiger partial charge in [0, 0.05) is 17.3 Å². The molecule has 0 aromatic heterocycles. The van der Waals surface area contributed by atoms with Crippen molar-refractivity contribution < 1.29 is 19.1 Å². The highest BCUT2D eigenvalue weighted by atomic mass is 35.5. The zero-order chi connectivity index (χ0) is 21.4. The number of rotatable bonds is 4. The topological polar surface area (TPSA) is 75.7 Å². The Morgan fingerprint density at radius 1 is 1.00 bits per heavy atom. The molecule has 1 aliphatic heterocycles. The summed E-state index contributed by atoms with van der Waals surface area (Å²) in [4.78, 5) is 39.7. The average molecular weight is 447 g/mol. The Labute approximate surface area is 184 Å². The summed E-state index contributed by atoms with van der Waals surface area (Å²) in [5.74, 6) is -0.705. The van der Waals surface area contributed by atoms with Crippen LogP contribution in [0.4, 0.5) is 5.69 Å². The molecule has 2 aromatic carbocycles. The largest absolute Gasteiger partial charge is 0.494 e. The molecular weight excluding hydrogens is 427 g/mol. The SMILES string of the molecule is COc1c(Cl)cc(C(=O)Nc2ccc3c(c2)C(=O)N(C2CCCCC2)C3=O)cc1Cl. The maximum atomic E-state index is 12.9. The highest BCUT2D eigenvalue weighted by Crippen LogP contribution is 2.35. The first-order valence-corrected chi connectivity index (χ1v) is 10.5. The second-order valence-electron chi connectivity index (χ2n) is 7.46. The molecule has 0 bridgehead atoms. The molecule has 0 unspecified atom stereocenters. The van der Waals surface area contributed by atoms with Gasteiger partial charge in [-0.2, -0.15) is 0 Å². The Morgan fingerprint density at radius 2 is 1.63 bits per heavy atom. The molecule has 8 heteroatoms. The fraction of sp³-hybridized carbons (Fsp3) is 0.318. The van der Waals surface area contributed by atoms with Crippen LogP contribution in [-0.2, 0) is 0 Å². The van der Waals surface area contributed by atoms with Crippen LogP contribution >= 0.6 is 23.2 Å². The number of carbonyl (C=O) groups is 3. The molecule has 2 aliphatic rings. The number of hydrogen-bond acceptors (Lipinski definition) is 4. The molecule has 4 rings (SSSR count). The minimum atomic E-state index is -0.442. The highest BCUT2D eigenvalue weighted by Gasteiger charge is 2.40. The van der Waals surface area contributed by atoms with E-state index in [1.165, 1.54) is 24.1 Å². The summed E-state index contributed by atoms with van der Waals surface area (Å²) in [6.07, 6.45) is 4.86. The van der Waals surface area contributed by atoms with E-state index in [1.54, 1.807) is 18.2 Å². The number of imide groups is 1. The van der Waals surface area contributed by atoms with E-state index in [-0.39, 0.29) is 33.5 Å². The second kappa shape index (κ2) is 8.28. The maximum absolute atomic E-state index is 12.9. The number of methoxy groups -OCH3 is 1. The summed E-state index contributed by atoms with van der Waals surface area (Å²) >= 11 is 12.2. The number of nitrogens with one attached hydrogen (secondary N) is 1. The lowest BCUT2D eigenvalue weighted by Gasteiger charge is -2.29. The van der Waals surface area contributed by atoms with Crippen molar-refractivity contribution in [3.8, 4) is 5.75 Å². The lowest BCUT2D eigenvalue weighted by Crippen LogP contribution is -2.40. The number of hydrogen-bond donors (Lipinski definition) is 1. The normalized spacial score (nSPS) is 16.6. The Hall–Kier alpha value is -2.57. The Balaban J connectivity index is 1.56. The van der Waals surface area contributed by atoms with Crippen molar-refractivity contribution in [3.05, 3.63) is 57.1 Å². The molecule has 0 saturated heterocycles.